The van der Waals surface area contributed by atoms with E-state index >= 15 is 0 Å². The highest BCUT2D eigenvalue weighted by Gasteiger charge is 2.14. The first-order chi connectivity index (χ1) is 12.0. The lowest BCUT2D eigenvalue weighted by Gasteiger charge is -2.07. The number of nitrogens with one attached hydrogen (secondary N) is 2. The van der Waals surface area contributed by atoms with Crippen LogP contribution in [0.25, 0.3) is 10.9 Å². The van der Waals surface area contributed by atoms with Crippen molar-refractivity contribution in [2.45, 2.75) is 13.5 Å². The summed E-state index contributed by atoms with van der Waals surface area (Å²) in [5.74, 6) is 0.0497. The number of amides is 1. The van der Waals surface area contributed by atoms with Crippen LogP contribution in [0.5, 0.6) is 5.75 Å². The van der Waals surface area contributed by atoms with E-state index in [4.69, 9.17) is 5.11 Å². The highest BCUT2D eigenvalue weighted by atomic mass is 16.7. The van der Waals surface area contributed by atoms with Gasteiger partial charge in [-0.25, -0.2) is 9.59 Å². The molecule has 3 N–H and O–H groups in total. The van der Waals surface area contributed by atoms with Gasteiger partial charge in [-0.2, -0.15) is 4.68 Å². The standard InChI is InChI=1S/C17H15N3O5/c1-10-4-2-3-5-11(10)9-18-16(22)20-15(21)13-7-6-12(25-17(23)24)8-14(13)19-20/h2-8,19H,9H2,1H3,(H,18,22)(H,23,24). The highest BCUT2D eigenvalue weighted by molar-refractivity contribution is 5.85. The molecule has 0 aliphatic heterocycles. The number of carbonyl (C=O) groups excluding carboxylic acids is 1. The topological polar surface area (TPSA) is 113 Å². The van der Waals surface area contributed by atoms with Crippen molar-refractivity contribution >= 4 is 23.1 Å². The van der Waals surface area contributed by atoms with E-state index in [1.54, 1.807) is 0 Å². The van der Waals surface area contributed by atoms with Crippen LogP contribution in [0.4, 0.5) is 9.59 Å². The first-order valence-corrected chi connectivity index (χ1v) is 7.44. The van der Waals surface area contributed by atoms with Crippen LogP contribution >= 0.6 is 0 Å². The minimum Gasteiger partial charge on any atom is -0.449 e. The number of ether oxygens (including phenoxy) is 1. The maximum atomic E-state index is 12.3. The molecule has 2 aromatic carbocycles. The van der Waals surface area contributed by atoms with Crippen molar-refractivity contribution in [2.24, 2.45) is 0 Å². The Bertz CT molecular complexity index is 1020. The minimum atomic E-state index is -1.46. The molecule has 0 atom stereocenters. The number of carbonyl (C=O) groups is 2. The van der Waals surface area contributed by atoms with Crippen molar-refractivity contribution in [1.82, 2.24) is 15.1 Å². The Morgan fingerprint density at radius 3 is 2.72 bits per heavy atom. The molecule has 0 aliphatic carbocycles. The Morgan fingerprint density at radius 2 is 2.00 bits per heavy atom. The fourth-order valence-electron chi connectivity index (χ4n) is 2.46. The lowest BCUT2D eigenvalue weighted by atomic mass is 10.1. The van der Waals surface area contributed by atoms with Gasteiger partial charge in [0.1, 0.15) is 5.75 Å². The zero-order valence-electron chi connectivity index (χ0n) is 13.3. The third kappa shape index (κ3) is 3.37. The smallest absolute Gasteiger partial charge is 0.449 e. The van der Waals surface area contributed by atoms with Crippen LogP contribution in [-0.4, -0.2) is 27.1 Å². The van der Waals surface area contributed by atoms with Crippen molar-refractivity contribution in [3.63, 3.8) is 0 Å². The summed E-state index contributed by atoms with van der Waals surface area (Å²) in [6.07, 6.45) is -1.46. The van der Waals surface area contributed by atoms with Gasteiger partial charge in [-0.05, 0) is 30.2 Å². The van der Waals surface area contributed by atoms with Crippen molar-refractivity contribution < 1.29 is 19.4 Å². The summed E-state index contributed by atoms with van der Waals surface area (Å²) >= 11 is 0. The van der Waals surface area contributed by atoms with Crippen LogP contribution in [0.3, 0.4) is 0 Å². The van der Waals surface area contributed by atoms with Crippen molar-refractivity contribution in [1.29, 1.82) is 0 Å². The number of benzene rings is 2. The zero-order chi connectivity index (χ0) is 18.0. The molecule has 0 bridgehead atoms. The van der Waals surface area contributed by atoms with E-state index < -0.39 is 17.7 Å². The Kier molecular flexibility index (Phi) is 4.25. The van der Waals surface area contributed by atoms with E-state index in [2.05, 4.69) is 15.2 Å². The molecule has 0 saturated heterocycles. The summed E-state index contributed by atoms with van der Waals surface area (Å²) in [5, 5.41) is 14.2. The van der Waals surface area contributed by atoms with Crippen molar-refractivity contribution in [3.8, 4) is 5.75 Å². The molecule has 0 aliphatic rings. The maximum absolute atomic E-state index is 12.3. The molecule has 1 amide bonds. The molecule has 1 heterocycles. The molecule has 3 rings (SSSR count). The number of nitrogens with zero attached hydrogens (tertiary/aromatic N) is 1. The Morgan fingerprint density at radius 1 is 1.24 bits per heavy atom. The monoisotopic (exact) mass is 341 g/mol. The molecular formula is C17H15N3O5. The molecule has 0 fully saturated rings. The van der Waals surface area contributed by atoms with Gasteiger partial charge in [0, 0.05) is 12.6 Å². The van der Waals surface area contributed by atoms with Gasteiger partial charge >= 0.3 is 12.2 Å². The third-order valence-electron chi connectivity index (χ3n) is 3.76. The SMILES string of the molecule is Cc1ccccc1CNC(=O)n1[nH]c2cc(OC(=O)O)ccc2c1=O. The second-order valence-corrected chi connectivity index (χ2v) is 5.41. The van der Waals surface area contributed by atoms with Crippen LogP contribution in [0.15, 0.2) is 47.3 Å². The van der Waals surface area contributed by atoms with Crippen molar-refractivity contribution in [3.05, 3.63) is 63.9 Å². The summed E-state index contributed by atoms with van der Waals surface area (Å²) in [7, 11) is 0. The molecule has 0 spiro atoms. The molecule has 0 unspecified atom stereocenters. The molecule has 25 heavy (non-hydrogen) atoms. The molecular weight excluding hydrogens is 326 g/mol. The fourth-order valence-corrected chi connectivity index (χ4v) is 2.46. The average molecular weight is 341 g/mol. The van der Waals surface area contributed by atoms with Crippen LogP contribution < -0.4 is 15.6 Å². The quantitative estimate of drug-likeness (QED) is 0.500. The van der Waals surface area contributed by atoms with E-state index in [9.17, 15) is 14.4 Å². The lowest BCUT2D eigenvalue weighted by Crippen LogP contribution is -2.35. The number of aryl methyl sites for hydroxylation is 1. The van der Waals surface area contributed by atoms with Gasteiger partial charge in [0.15, 0.2) is 0 Å². The molecule has 8 nitrogen and oxygen atoms in total. The summed E-state index contributed by atoms with van der Waals surface area (Å²) in [5.41, 5.74) is 1.74. The maximum Gasteiger partial charge on any atom is 0.511 e. The average Bonchev–Trinajstić information content (AvgIpc) is 2.90. The van der Waals surface area contributed by atoms with Gasteiger partial charge in [0.05, 0.1) is 10.9 Å². The summed E-state index contributed by atoms with van der Waals surface area (Å²) in [4.78, 5) is 35.1. The molecule has 0 radical (unpaired) electrons. The summed E-state index contributed by atoms with van der Waals surface area (Å²) in [6.45, 7) is 2.21. The van der Waals surface area contributed by atoms with Crippen LogP contribution in [0, 0.1) is 6.92 Å². The fraction of sp³-hybridized carbons (Fsp3) is 0.118. The predicted octanol–water partition coefficient (Wildman–Crippen LogP) is 2.45. The Balaban J connectivity index is 1.84. The third-order valence-corrected chi connectivity index (χ3v) is 3.76. The van der Waals surface area contributed by atoms with E-state index in [0.29, 0.717) is 5.52 Å². The Labute approximate surface area is 141 Å². The van der Waals surface area contributed by atoms with Crippen molar-refractivity contribution in [2.75, 3.05) is 0 Å². The molecule has 0 saturated carbocycles. The van der Waals surface area contributed by atoms with E-state index in [1.165, 1.54) is 18.2 Å². The van der Waals surface area contributed by atoms with E-state index in [0.717, 1.165) is 15.8 Å². The summed E-state index contributed by atoms with van der Waals surface area (Å²) in [6, 6.07) is 11.1. The van der Waals surface area contributed by atoms with Gasteiger partial charge in [-0.15, -0.1) is 0 Å². The van der Waals surface area contributed by atoms with Crippen LogP contribution in [0.2, 0.25) is 0 Å². The molecule has 8 heteroatoms. The predicted molar refractivity (Wildman–Crippen MR) is 90.0 cm³/mol. The van der Waals surface area contributed by atoms with Gasteiger partial charge in [0.2, 0.25) is 0 Å². The number of hydrogen-bond acceptors (Lipinski definition) is 4. The van der Waals surface area contributed by atoms with Gasteiger partial charge in [-0.3, -0.25) is 9.89 Å². The highest BCUT2D eigenvalue weighted by Crippen LogP contribution is 2.17. The van der Waals surface area contributed by atoms with Gasteiger partial charge in [-0.1, -0.05) is 24.3 Å². The number of aromatic nitrogens is 2. The minimum absolute atomic E-state index is 0.0497. The Hall–Kier alpha value is -3.55. The second kappa shape index (κ2) is 6.52. The number of hydrogen-bond donors (Lipinski definition) is 3. The number of carboxylic acid groups (broad SMARTS) is 1. The first-order valence-electron chi connectivity index (χ1n) is 7.44. The molecule has 1 aromatic heterocycles. The zero-order valence-corrected chi connectivity index (χ0v) is 13.3. The van der Waals surface area contributed by atoms with Gasteiger partial charge < -0.3 is 15.2 Å². The normalized spacial score (nSPS) is 10.6. The lowest BCUT2D eigenvalue weighted by molar-refractivity contribution is 0.144. The number of H-pyrrole nitrogens is 1. The van der Waals surface area contributed by atoms with Gasteiger partial charge in [0.25, 0.3) is 5.56 Å². The van der Waals surface area contributed by atoms with Crippen LogP contribution in [0.1, 0.15) is 11.1 Å². The summed E-state index contributed by atoms with van der Waals surface area (Å²) < 4.78 is 5.38. The largest absolute Gasteiger partial charge is 0.511 e. The number of aromatic amines is 1. The number of fused-ring (bicyclic) bond motifs is 1. The van der Waals surface area contributed by atoms with E-state index in [-0.39, 0.29) is 17.7 Å². The van der Waals surface area contributed by atoms with E-state index in [1.807, 2.05) is 31.2 Å². The second-order valence-electron chi connectivity index (χ2n) is 5.41. The van der Waals surface area contributed by atoms with Crippen LogP contribution in [-0.2, 0) is 6.54 Å². The molecule has 128 valence electrons. The molecule has 3 aromatic rings. The number of rotatable bonds is 3. The first kappa shape index (κ1) is 16.3.